The zero-order valence-electron chi connectivity index (χ0n) is 13.6. The van der Waals surface area contributed by atoms with E-state index in [1.807, 2.05) is 35.2 Å². The molecule has 1 unspecified atom stereocenters. The molecule has 0 radical (unpaired) electrons. The van der Waals surface area contributed by atoms with Gasteiger partial charge in [0.1, 0.15) is 0 Å². The van der Waals surface area contributed by atoms with Gasteiger partial charge in [-0.3, -0.25) is 4.79 Å². The van der Waals surface area contributed by atoms with Gasteiger partial charge in [0.15, 0.2) is 0 Å². The fourth-order valence-corrected chi connectivity index (χ4v) is 3.58. The first kappa shape index (κ1) is 14.9. The van der Waals surface area contributed by atoms with Crippen LogP contribution in [0.25, 0.3) is 11.0 Å². The largest absolute Gasteiger partial charge is 0.349 e. The lowest BCUT2D eigenvalue weighted by Gasteiger charge is -2.26. The van der Waals surface area contributed by atoms with E-state index in [0.29, 0.717) is 13.0 Å². The van der Waals surface area contributed by atoms with Gasteiger partial charge in [-0.1, -0.05) is 36.4 Å². The van der Waals surface area contributed by atoms with Crippen LogP contribution in [0.15, 0.2) is 54.9 Å². The Morgan fingerprint density at radius 3 is 2.96 bits per heavy atom. The van der Waals surface area contributed by atoms with E-state index in [2.05, 4.69) is 34.6 Å². The van der Waals surface area contributed by atoms with E-state index in [0.717, 1.165) is 30.3 Å². The molecule has 1 atom stereocenters. The maximum Gasteiger partial charge on any atom is 0.222 e. The number of nitrogens with one attached hydrogen (secondary N) is 1. The Balaban J connectivity index is 1.41. The van der Waals surface area contributed by atoms with Crippen LogP contribution in [0.1, 0.15) is 36.4 Å². The summed E-state index contributed by atoms with van der Waals surface area (Å²) in [6, 6.07) is 16.6. The molecule has 0 bridgehead atoms. The molecule has 1 amide bonds. The van der Waals surface area contributed by atoms with Crippen molar-refractivity contribution in [1.29, 1.82) is 0 Å². The highest BCUT2D eigenvalue weighted by atomic mass is 16.1. The summed E-state index contributed by atoms with van der Waals surface area (Å²) in [5, 5.41) is 3.21. The minimum absolute atomic E-state index is 0.106. The summed E-state index contributed by atoms with van der Waals surface area (Å²) in [7, 11) is 0. The lowest BCUT2D eigenvalue weighted by atomic mass is 9.88. The number of benzene rings is 2. The van der Waals surface area contributed by atoms with Crippen LogP contribution in [0.3, 0.4) is 0 Å². The lowest BCUT2D eigenvalue weighted by Crippen LogP contribution is -2.31. The van der Waals surface area contributed by atoms with Gasteiger partial charge in [-0.15, -0.1) is 0 Å². The second-order valence-corrected chi connectivity index (χ2v) is 6.39. The molecule has 0 saturated carbocycles. The Kier molecular flexibility index (Phi) is 4.03. The van der Waals surface area contributed by atoms with Crippen molar-refractivity contribution in [3.63, 3.8) is 0 Å². The number of amides is 1. The molecule has 1 aliphatic rings. The zero-order chi connectivity index (χ0) is 16.4. The molecule has 1 aromatic heterocycles. The van der Waals surface area contributed by atoms with Crippen molar-refractivity contribution in [3.05, 3.63) is 66.0 Å². The second kappa shape index (κ2) is 6.48. The topological polar surface area (TPSA) is 46.9 Å². The average Bonchev–Trinajstić information content (AvgIpc) is 3.04. The molecule has 0 aliphatic heterocycles. The maximum absolute atomic E-state index is 12.4. The van der Waals surface area contributed by atoms with E-state index in [9.17, 15) is 4.79 Å². The summed E-state index contributed by atoms with van der Waals surface area (Å²) < 4.78 is 2.05. The molecule has 4 nitrogen and oxygen atoms in total. The van der Waals surface area contributed by atoms with Gasteiger partial charge in [0.25, 0.3) is 0 Å². The van der Waals surface area contributed by atoms with Gasteiger partial charge >= 0.3 is 0 Å². The minimum Gasteiger partial charge on any atom is -0.349 e. The number of aromatic nitrogens is 2. The molecule has 3 aromatic rings. The molecule has 0 fully saturated rings. The van der Waals surface area contributed by atoms with Crippen LogP contribution < -0.4 is 5.32 Å². The number of nitrogens with zero attached hydrogens (tertiary/aromatic N) is 2. The van der Waals surface area contributed by atoms with Crippen molar-refractivity contribution in [2.45, 2.75) is 38.3 Å². The predicted octanol–water partition coefficient (Wildman–Crippen LogP) is 3.62. The number of fused-ring (bicyclic) bond motifs is 2. The SMILES string of the molecule is O=C(CCn1cnc2ccccc21)NC1CCCc2ccccc21. The van der Waals surface area contributed by atoms with Crippen LogP contribution in [-0.2, 0) is 17.8 Å². The Morgan fingerprint density at radius 2 is 2.00 bits per heavy atom. The molecule has 4 heteroatoms. The van der Waals surface area contributed by atoms with Gasteiger partial charge in [0.2, 0.25) is 5.91 Å². The normalized spacial score (nSPS) is 16.8. The molecule has 1 N–H and O–H groups in total. The van der Waals surface area contributed by atoms with Crippen LogP contribution in [-0.4, -0.2) is 15.5 Å². The van der Waals surface area contributed by atoms with Crippen LogP contribution in [0, 0.1) is 0 Å². The lowest BCUT2D eigenvalue weighted by molar-refractivity contribution is -0.122. The highest BCUT2D eigenvalue weighted by Crippen LogP contribution is 2.29. The Hall–Kier alpha value is -2.62. The van der Waals surface area contributed by atoms with Gasteiger partial charge in [0.05, 0.1) is 23.4 Å². The summed E-state index contributed by atoms with van der Waals surface area (Å²) in [5.74, 6) is 0.106. The van der Waals surface area contributed by atoms with Crippen molar-refractivity contribution in [3.8, 4) is 0 Å². The first-order chi connectivity index (χ1) is 11.8. The van der Waals surface area contributed by atoms with E-state index in [1.54, 1.807) is 0 Å². The van der Waals surface area contributed by atoms with E-state index in [4.69, 9.17) is 0 Å². The third kappa shape index (κ3) is 2.92. The number of rotatable bonds is 4. The van der Waals surface area contributed by atoms with Gasteiger partial charge in [-0.25, -0.2) is 4.98 Å². The van der Waals surface area contributed by atoms with Gasteiger partial charge in [0, 0.05) is 13.0 Å². The molecule has 1 heterocycles. The number of hydrogen-bond donors (Lipinski definition) is 1. The van der Waals surface area contributed by atoms with Crippen LogP contribution >= 0.6 is 0 Å². The predicted molar refractivity (Wildman–Crippen MR) is 94.6 cm³/mol. The highest BCUT2D eigenvalue weighted by Gasteiger charge is 2.21. The third-order valence-electron chi connectivity index (χ3n) is 4.81. The number of hydrogen-bond acceptors (Lipinski definition) is 2. The van der Waals surface area contributed by atoms with E-state index in [-0.39, 0.29) is 11.9 Å². The van der Waals surface area contributed by atoms with Crippen LogP contribution in [0.5, 0.6) is 0 Å². The second-order valence-electron chi connectivity index (χ2n) is 6.39. The summed E-state index contributed by atoms with van der Waals surface area (Å²) in [6.45, 7) is 0.653. The van der Waals surface area contributed by atoms with E-state index >= 15 is 0 Å². The summed E-state index contributed by atoms with van der Waals surface area (Å²) in [5.41, 5.74) is 4.70. The van der Waals surface area contributed by atoms with E-state index < -0.39 is 0 Å². The monoisotopic (exact) mass is 319 g/mol. The highest BCUT2D eigenvalue weighted by molar-refractivity contribution is 5.78. The molecule has 1 aliphatic carbocycles. The molecule has 0 spiro atoms. The first-order valence-electron chi connectivity index (χ1n) is 8.58. The first-order valence-corrected chi connectivity index (χ1v) is 8.58. The van der Waals surface area contributed by atoms with E-state index in [1.165, 1.54) is 11.1 Å². The minimum atomic E-state index is 0.106. The van der Waals surface area contributed by atoms with Crippen molar-refractivity contribution in [2.75, 3.05) is 0 Å². The molecule has 24 heavy (non-hydrogen) atoms. The molecule has 0 saturated heterocycles. The van der Waals surface area contributed by atoms with Crippen LogP contribution in [0.2, 0.25) is 0 Å². The van der Waals surface area contributed by atoms with Crippen molar-refractivity contribution in [2.24, 2.45) is 0 Å². The van der Waals surface area contributed by atoms with Crippen LogP contribution in [0.4, 0.5) is 0 Å². The Bertz CT molecular complexity index is 868. The number of carbonyl (C=O) groups excluding carboxylic acids is 1. The number of aryl methyl sites for hydroxylation is 2. The third-order valence-corrected chi connectivity index (χ3v) is 4.81. The molecule has 2 aromatic carbocycles. The molecular formula is C20H21N3O. The summed E-state index contributed by atoms with van der Waals surface area (Å²) in [6.07, 6.45) is 5.56. The zero-order valence-corrected chi connectivity index (χ0v) is 13.6. The Labute approximate surface area is 141 Å². The van der Waals surface area contributed by atoms with Crippen molar-refractivity contribution < 1.29 is 4.79 Å². The maximum atomic E-state index is 12.4. The standard InChI is InChI=1S/C20H21N3O/c24-20(12-13-23-14-21-18-9-3-4-11-19(18)23)22-17-10-5-7-15-6-1-2-8-16(15)17/h1-4,6,8-9,11,14,17H,5,7,10,12-13H2,(H,22,24). The quantitative estimate of drug-likeness (QED) is 0.798. The Morgan fingerprint density at radius 1 is 1.17 bits per heavy atom. The fourth-order valence-electron chi connectivity index (χ4n) is 3.58. The number of carbonyl (C=O) groups is 1. The summed E-state index contributed by atoms with van der Waals surface area (Å²) in [4.78, 5) is 16.8. The fraction of sp³-hybridized carbons (Fsp3) is 0.300. The average molecular weight is 319 g/mol. The number of para-hydroxylation sites is 2. The van der Waals surface area contributed by atoms with Crippen molar-refractivity contribution >= 4 is 16.9 Å². The molecule has 4 rings (SSSR count). The molecule has 122 valence electrons. The van der Waals surface area contributed by atoms with Gasteiger partial charge < -0.3 is 9.88 Å². The smallest absolute Gasteiger partial charge is 0.222 e. The number of imidazole rings is 1. The van der Waals surface area contributed by atoms with Gasteiger partial charge in [-0.2, -0.15) is 0 Å². The molecular weight excluding hydrogens is 298 g/mol. The van der Waals surface area contributed by atoms with Crippen molar-refractivity contribution in [1.82, 2.24) is 14.9 Å². The summed E-state index contributed by atoms with van der Waals surface area (Å²) >= 11 is 0. The van der Waals surface area contributed by atoms with Gasteiger partial charge in [-0.05, 0) is 42.5 Å².